The highest BCUT2D eigenvalue weighted by atomic mass is 35.5. The Morgan fingerprint density at radius 3 is 1.06 bits per heavy atom. The third-order valence-electron chi connectivity index (χ3n) is 15.6. The summed E-state index contributed by atoms with van der Waals surface area (Å²) in [7, 11) is 1.85. The van der Waals surface area contributed by atoms with E-state index in [9.17, 15) is 19.2 Å². The van der Waals surface area contributed by atoms with Crippen molar-refractivity contribution in [2.45, 2.75) is 40.0 Å². The third kappa shape index (κ3) is 10.2. The summed E-state index contributed by atoms with van der Waals surface area (Å²) in [5, 5.41) is 13.4. The molecule has 0 unspecified atom stereocenters. The van der Waals surface area contributed by atoms with Crippen LogP contribution in [0.5, 0.6) is 0 Å². The van der Waals surface area contributed by atoms with Gasteiger partial charge in [-0.05, 0) is 209 Å². The number of carbonyl (C=O) groups is 4. The van der Waals surface area contributed by atoms with Crippen LogP contribution in [-0.2, 0) is 5.41 Å². The SMILES string of the molecule is CNc1ccc(C2(c3ccc(NC(=O)c4ccc(-c5ccc(C(=O)Nc6cc(C)c(-c7cc(C)c(NC(=O)c8ccc(-c9ccc(C(C)=O)cc9)cc8)cc7C)cc6C)cc5)cc4)c(Cl)c3)c3ccccc3-c3ccccc32)cc1Cl. The van der Waals surface area contributed by atoms with E-state index in [0.717, 1.165) is 100 Å². The summed E-state index contributed by atoms with van der Waals surface area (Å²) in [5.74, 6) is -0.730. The van der Waals surface area contributed by atoms with Gasteiger partial charge in [0.15, 0.2) is 5.78 Å². The molecule has 1 aliphatic carbocycles. The lowest BCUT2D eigenvalue weighted by Gasteiger charge is -2.34. The number of amides is 3. The van der Waals surface area contributed by atoms with Crippen LogP contribution in [0.4, 0.5) is 22.7 Å². The van der Waals surface area contributed by atoms with Gasteiger partial charge in [-0.1, -0.05) is 145 Å². The summed E-state index contributed by atoms with van der Waals surface area (Å²) in [6.45, 7) is 9.56. The first kappa shape index (κ1) is 53.7. The summed E-state index contributed by atoms with van der Waals surface area (Å²) < 4.78 is 0. The average molecular weight is 1100 g/mol. The molecule has 10 aromatic carbocycles. The van der Waals surface area contributed by atoms with Gasteiger partial charge in [-0.2, -0.15) is 0 Å². The van der Waals surface area contributed by atoms with E-state index in [-0.39, 0.29) is 23.5 Å². The van der Waals surface area contributed by atoms with Crippen LogP contribution in [0.1, 0.15) is 92.9 Å². The lowest BCUT2D eigenvalue weighted by atomic mass is 9.67. The molecule has 81 heavy (non-hydrogen) atoms. The van der Waals surface area contributed by atoms with Gasteiger partial charge in [-0.3, -0.25) is 19.2 Å². The van der Waals surface area contributed by atoms with Gasteiger partial charge < -0.3 is 21.3 Å². The number of nitrogens with one attached hydrogen (secondary N) is 4. The van der Waals surface area contributed by atoms with Crippen LogP contribution in [0, 0.1) is 27.7 Å². The smallest absolute Gasteiger partial charge is 0.255 e. The molecule has 1 aliphatic rings. The van der Waals surface area contributed by atoms with Crippen molar-refractivity contribution in [1.82, 2.24) is 0 Å². The Labute approximate surface area is 481 Å². The molecule has 398 valence electrons. The van der Waals surface area contributed by atoms with Crippen LogP contribution in [0.2, 0.25) is 10.0 Å². The molecule has 11 rings (SSSR count). The van der Waals surface area contributed by atoms with E-state index < -0.39 is 5.41 Å². The number of ketones is 1. The van der Waals surface area contributed by atoms with E-state index in [4.69, 9.17) is 23.2 Å². The Morgan fingerprint density at radius 2 is 0.704 bits per heavy atom. The van der Waals surface area contributed by atoms with Crippen LogP contribution in [0.15, 0.2) is 206 Å². The van der Waals surface area contributed by atoms with Crippen molar-refractivity contribution in [2.75, 3.05) is 28.3 Å². The van der Waals surface area contributed by atoms with Crippen molar-refractivity contribution in [3.63, 3.8) is 0 Å². The van der Waals surface area contributed by atoms with Gasteiger partial charge in [0.2, 0.25) is 0 Å². The number of carbonyl (C=O) groups excluding carboxylic acids is 4. The molecule has 10 heteroatoms. The van der Waals surface area contributed by atoms with E-state index in [1.54, 1.807) is 43.3 Å². The summed E-state index contributed by atoms with van der Waals surface area (Å²) in [6, 6.07) is 66.6. The van der Waals surface area contributed by atoms with Gasteiger partial charge in [0.25, 0.3) is 17.7 Å². The number of hydrogen-bond donors (Lipinski definition) is 4. The van der Waals surface area contributed by atoms with E-state index in [1.165, 1.54) is 0 Å². The molecule has 0 atom stereocenters. The maximum absolute atomic E-state index is 13.8. The maximum Gasteiger partial charge on any atom is 0.255 e. The second-order valence-electron chi connectivity index (χ2n) is 20.7. The van der Waals surface area contributed by atoms with Crippen molar-refractivity contribution >= 4 is 69.5 Å². The predicted molar refractivity (Wildman–Crippen MR) is 332 cm³/mol. The van der Waals surface area contributed by atoms with Gasteiger partial charge in [0.1, 0.15) is 0 Å². The largest absolute Gasteiger partial charge is 0.387 e. The first-order chi connectivity index (χ1) is 39.1. The molecular weight excluding hydrogens is 1040 g/mol. The van der Waals surface area contributed by atoms with Crippen LogP contribution >= 0.6 is 23.2 Å². The minimum Gasteiger partial charge on any atom is -0.387 e. The molecular formula is C71H56Cl2N4O4. The van der Waals surface area contributed by atoms with Gasteiger partial charge in [-0.15, -0.1) is 0 Å². The Bertz CT molecular complexity index is 4110. The van der Waals surface area contributed by atoms with Gasteiger partial charge in [0.05, 0.1) is 26.8 Å². The van der Waals surface area contributed by atoms with E-state index >= 15 is 0 Å². The fraction of sp³-hybridized carbons (Fsp3) is 0.0986. The number of hydrogen-bond acceptors (Lipinski definition) is 5. The first-order valence-electron chi connectivity index (χ1n) is 26.7. The zero-order chi connectivity index (χ0) is 56.7. The molecule has 0 spiro atoms. The Morgan fingerprint density at radius 1 is 0.358 bits per heavy atom. The van der Waals surface area contributed by atoms with Gasteiger partial charge in [-0.25, -0.2) is 0 Å². The molecule has 0 radical (unpaired) electrons. The number of fused-ring (bicyclic) bond motifs is 3. The Kier molecular flexibility index (Phi) is 14.6. The molecule has 3 amide bonds. The minimum absolute atomic E-state index is 0.0173. The van der Waals surface area contributed by atoms with Crippen LogP contribution in [0.25, 0.3) is 44.5 Å². The predicted octanol–water partition coefficient (Wildman–Crippen LogP) is 17.6. The zero-order valence-corrected chi connectivity index (χ0v) is 47.0. The Hall–Kier alpha value is -9.34. The van der Waals surface area contributed by atoms with Crippen LogP contribution in [0.3, 0.4) is 0 Å². The number of halogens is 2. The molecule has 0 heterocycles. The topological polar surface area (TPSA) is 116 Å². The second kappa shape index (κ2) is 22.1. The average Bonchev–Trinajstić information content (AvgIpc) is 2.42. The number of benzene rings is 10. The lowest BCUT2D eigenvalue weighted by molar-refractivity contribution is 0.101. The van der Waals surface area contributed by atoms with E-state index in [0.29, 0.717) is 43.7 Å². The monoisotopic (exact) mass is 1100 g/mol. The number of Topliss-reactive ketones (excluding diaryl/α,β-unsaturated/α-hetero) is 1. The highest BCUT2D eigenvalue weighted by Crippen LogP contribution is 2.57. The minimum atomic E-state index is -0.731. The highest BCUT2D eigenvalue weighted by Gasteiger charge is 2.46. The van der Waals surface area contributed by atoms with Crippen LogP contribution in [-0.4, -0.2) is 30.6 Å². The lowest BCUT2D eigenvalue weighted by Crippen LogP contribution is -2.28. The summed E-state index contributed by atoms with van der Waals surface area (Å²) in [6.07, 6.45) is 0. The normalized spacial score (nSPS) is 12.0. The maximum atomic E-state index is 13.8. The fourth-order valence-corrected chi connectivity index (χ4v) is 11.7. The Balaban J connectivity index is 0.738. The molecule has 0 saturated heterocycles. The molecule has 0 aliphatic heterocycles. The molecule has 4 N–H and O–H groups in total. The third-order valence-corrected chi connectivity index (χ3v) is 16.2. The van der Waals surface area contributed by atoms with Crippen molar-refractivity contribution < 1.29 is 19.2 Å². The van der Waals surface area contributed by atoms with Crippen molar-refractivity contribution in [1.29, 1.82) is 0 Å². The number of anilines is 4. The summed E-state index contributed by atoms with van der Waals surface area (Å²) >= 11 is 14.0. The van der Waals surface area contributed by atoms with Crippen molar-refractivity contribution in [3.05, 3.63) is 283 Å². The summed E-state index contributed by atoms with van der Waals surface area (Å²) in [5.41, 5.74) is 20.2. The van der Waals surface area contributed by atoms with Gasteiger partial charge >= 0.3 is 0 Å². The molecule has 0 saturated carbocycles. The number of rotatable bonds is 13. The summed E-state index contributed by atoms with van der Waals surface area (Å²) in [4.78, 5) is 52.6. The zero-order valence-electron chi connectivity index (χ0n) is 45.5. The first-order valence-corrected chi connectivity index (χ1v) is 27.4. The van der Waals surface area contributed by atoms with Crippen molar-refractivity contribution in [3.8, 4) is 44.5 Å². The van der Waals surface area contributed by atoms with Crippen molar-refractivity contribution in [2.24, 2.45) is 0 Å². The van der Waals surface area contributed by atoms with Gasteiger partial charge in [0, 0.05) is 40.7 Å². The number of aryl methyl sites for hydroxylation is 4. The van der Waals surface area contributed by atoms with E-state index in [2.05, 4.69) is 88.0 Å². The highest BCUT2D eigenvalue weighted by molar-refractivity contribution is 6.34. The molecule has 0 bridgehead atoms. The molecule has 8 nitrogen and oxygen atoms in total. The fourth-order valence-electron chi connectivity index (χ4n) is 11.2. The second-order valence-corrected chi connectivity index (χ2v) is 21.5. The molecule has 10 aromatic rings. The quantitative estimate of drug-likeness (QED) is 0.0859. The molecule has 0 fully saturated rings. The standard InChI is InChI=1S/C71H56Cl2N4O4/c1-41-37-66(76-69(80)52-27-21-48(22-28-52)47-17-15-46(16-18-47)45(5)78)43(3)35-58(41)59-36-44(4)67(38-42(59)2)77-70(81)53-29-23-50(24-30-53)49-19-25-51(26-20-49)68(79)75-65-34-32-55(40-63(65)73)71(54-31-33-64(74-6)62(72)39-54)60-13-9-7-11-56(60)57-12-8-10-14-61(57)71/h7-40,74H,1-6H3,(H,75,79)(H,76,80)(H,77,81). The molecule has 0 aromatic heterocycles. The van der Waals surface area contributed by atoms with Crippen LogP contribution < -0.4 is 21.3 Å². The van der Waals surface area contributed by atoms with E-state index in [1.807, 2.05) is 138 Å².